The van der Waals surface area contributed by atoms with Gasteiger partial charge in [-0.25, -0.2) is 0 Å². The standard InChI is InChI=1S/C16H27NO/c1-5-7-12-18-14(4)16(17-6-2)15-10-8-13(3)9-11-15/h8-11,14,16-17H,5-7,12H2,1-4H3. The lowest BCUT2D eigenvalue weighted by atomic mass is 10.0. The van der Waals surface area contributed by atoms with Crippen LogP contribution in [0.1, 0.15) is 50.8 Å². The molecule has 0 spiro atoms. The number of nitrogens with one attached hydrogen (secondary N) is 1. The molecular weight excluding hydrogens is 222 g/mol. The minimum Gasteiger partial charge on any atom is -0.377 e. The van der Waals surface area contributed by atoms with Crippen molar-refractivity contribution in [3.63, 3.8) is 0 Å². The third-order valence-electron chi connectivity index (χ3n) is 3.21. The van der Waals surface area contributed by atoms with Crippen LogP contribution in [0.25, 0.3) is 0 Å². The van der Waals surface area contributed by atoms with Crippen molar-refractivity contribution in [2.24, 2.45) is 0 Å². The Labute approximate surface area is 112 Å². The normalized spacial score (nSPS) is 14.4. The number of rotatable bonds is 8. The molecule has 2 unspecified atom stereocenters. The van der Waals surface area contributed by atoms with Crippen LogP contribution >= 0.6 is 0 Å². The van der Waals surface area contributed by atoms with E-state index >= 15 is 0 Å². The lowest BCUT2D eigenvalue weighted by molar-refractivity contribution is 0.0372. The second-order valence-corrected chi connectivity index (χ2v) is 4.88. The third kappa shape index (κ3) is 4.79. The van der Waals surface area contributed by atoms with Gasteiger partial charge in [0.25, 0.3) is 0 Å². The van der Waals surface area contributed by atoms with Crippen LogP contribution in [-0.4, -0.2) is 19.3 Å². The molecule has 0 saturated carbocycles. The molecule has 18 heavy (non-hydrogen) atoms. The summed E-state index contributed by atoms with van der Waals surface area (Å²) < 4.78 is 5.92. The van der Waals surface area contributed by atoms with Crippen LogP contribution in [0.2, 0.25) is 0 Å². The van der Waals surface area contributed by atoms with Crippen LogP contribution in [-0.2, 0) is 4.74 Å². The van der Waals surface area contributed by atoms with Crippen LogP contribution in [0.15, 0.2) is 24.3 Å². The zero-order valence-electron chi connectivity index (χ0n) is 12.2. The molecule has 0 aliphatic carbocycles. The quantitative estimate of drug-likeness (QED) is 0.707. The SMILES string of the molecule is CCCCOC(C)C(NCC)c1ccc(C)cc1. The van der Waals surface area contributed by atoms with Gasteiger partial charge < -0.3 is 10.1 Å². The first-order chi connectivity index (χ1) is 8.69. The fourth-order valence-corrected chi connectivity index (χ4v) is 2.06. The van der Waals surface area contributed by atoms with Crippen LogP contribution in [0, 0.1) is 6.92 Å². The maximum Gasteiger partial charge on any atom is 0.0741 e. The molecule has 2 heteroatoms. The van der Waals surface area contributed by atoms with Crippen LogP contribution < -0.4 is 5.32 Å². The van der Waals surface area contributed by atoms with Gasteiger partial charge >= 0.3 is 0 Å². The first-order valence-electron chi connectivity index (χ1n) is 7.10. The summed E-state index contributed by atoms with van der Waals surface area (Å²) in [5, 5.41) is 3.52. The van der Waals surface area contributed by atoms with Gasteiger partial charge in [-0.05, 0) is 32.4 Å². The van der Waals surface area contributed by atoms with Gasteiger partial charge in [-0.2, -0.15) is 0 Å². The number of hydrogen-bond acceptors (Lipinski definition) is 2. The Morgan fingerprint density at radius 1 is 1.17 bits per heavy atom. The average Bonchev–Trinajstić information content (AvgIpc) is 2.37. The Bertz CT molecular complexity index is 320. The fourth-order valence-electron chi connectivity index (χ4n) is 2.06. The summed E-state index contributed by atoms with van der Waals surface area (Å²) in [6.45, 7) is 10.4. The minimum absolute atomic E-state index is 0.208. The highest BCUT2D eigenvalue weighted by Crippen LogP contribution is 2.20. The molecule has 0 fully saturated rings. The molecule has 2 atom stereocenters. The number of aryl methyl sites for hydroxylation is 1. The molecule has 0 amide bonds. The number of benzene rings is 1. The van der Waals surface area contributed by atoms with Gasteiger partial charge in [0.15, 0.2) is 0 Å². The summed E-state index contributed by atoms with van der Waals surface area (Å²) in [6, 6.07) is 9.01. The fraction of sp³-hybridized carbons (Fsp3) is 0.625. The third-order valence-corrected chi connectivity index (χ3v) is 3.21. The van der Waals surface area contributed by atoms with Crippen molar-refractivity contribution in [2.45, 2.75) is 52.7 Å². The Morgan fingerprint density at radius 2 is 1.83 bits per heavy atom. The Balaban J connectivity index is 2.65. The predicted octanol–water partition coefficient (Wildman–Crippen LogP) is 3.85. The maximum atomic E-state index is 5.92. The first-order valence-corrected chi connectivity index (χ1v) is 7.10. The molecule has 1 aromatic rings. The molecule has 0 bridgehead atoms. The van der Waals surface area contributed by atoms with Crippen molar-refractivity contribution >= 4 is 0 Å². The van der Waals surface area contributed by atoms with Crippen molar-refractivity contribution in [3.05, 3.63) is 35.4 Å². The lowest BCUT2D eigenvalue weighted by Crippen LogP contribution is -2.32. The first kappa shape index (κ1) is 15.2. The highest BCUT2D eigenvalue weighted by Gasteiger charge is 2.18. The van der Waals surface area contributed by atoms with E-state index in [9.17, 15) is 0 Å². The molecule has 0 aromatic heterocycles. The summed E-state index contributed by atoms with van der Waals surface area (Å²) in [5.41, 5.74) is 2.61. The monoisotopic (exact) mass is 249 g/mol. The number of unbranched alkanes of at least 4 members (excludes halogenated alkanes) is 1. The number of likely N-dealkylation sites (N-methyl/N-ethyl adjacent to an activating group) is 1. The lowest BCUT2D eigenvalue weighted by Gasteiger charge is -2.25. The molecule has 0 aliphatic rings. The Kier molecular flexibility index (Phi) is 6.99. The second kappa shape index (κ2) is 8.28. The van der Waals surface area contributed by atoms with Crippen molar-refractivity contribution < 1.29 is 4.74 Å². The topological polar surface area (TPSA) is 21.3 Å². The van der Waals surface area contributed by atoms with Gasteiger partial charge in [0.2, 0.25) is 0 Å². The molecule has 2 nitrogen and oxygen atoms in total. The summed E-state index contributed by atoms with van der Waals surface area (Å²) >= 11 is 0. The summed E-state index contributed by atoms with van der Waals surface area (Å²) in [4.78, 5) is 0. The van der Waals surface area contributed by atoms with Gasteiger partial charge in [-0.3, -0.25) is 0 Å². The van der Waals surface area contributed by atoms with Crippen molar-refractivity contribution in [2.75, 3.05) is 13.2 Å². The molecule has 1 rings (SSSR count). The van der Waals surface area contributed by atoms with Gasteiger partial charge in [-0.15, -0.1) is 0 Å². The second-order valence-electron chi connectivity index (χ2n) is 4.88. The number of hydrogen-bond donors (Lipinski definition) is 1. The van der Waals surface area contributed by atoms with Gasteiger partial charge in [0, 0.05) is 6.61 Å². The van der Waals surface area contributed by atoms with E-state index < -0.39 is 0 Å². The number of ether oxygens (including phenoxy) is 1. The summed E-state index contributed by atoms with van der Waals surface area (Å²) in [5.74, 6) is 0. The van der Waals surface area contributed by atoms with E-state index in [-0.39, 0.29) is 12.1 Å². The van der Waals surface area contributed by atoms with E-state index in [1.807, 2.05) is 0 Å². The molecule has 0 heterocycles. The average molecular weight is 249 g/mol. The molecule has 1 aromatic carbocycles. The predicted molar refractivity (Wildman–Crippen MR) is 77.9 cm³/mol. The summed E-state index contributed by atoms with van der Waals surface area (Å²) in [7, 11) is 0. The van der Waals surface area contributed by atoms with E-state index in [1.54, 1.807) is 0 Å². The van der Waals surface area contributed by atoms with Gasteiger partial charge in [0.05, 0.1) is 12.1 Å². The maximum absolute atomic E-state index is 5.92. The van der Waals surface area contributed by atoms with Crippen LogP contribution in [0.4, 0.5) is 0 Å². The van der Waals surface area contributed by atoms with Crippen LogP contribution in [0.5, 0.6) is 0 Å². The van der Waals surface area contributed by atoms with E-state index in [0.29, 0.717) is 0 Å². The Morgan fingerprint density at radius 3 is 2.39 bits per heavy atom. The molecule has 0 saturated heterocycles. The molecular formula is C16H27NO. The van der Waals surface area contributed by atoms with Crippen molar-refractivity contribution in [1.29, 1.82) is 0 Å². The molecule has 0 radical (unpaired) electrons. The van der Waals surface area contributed by atoms with E-state index in [4.69, 9.17) is 4.74 Å². The zero-order chi connectivity index (χ0) is 13.4. The van der Waals surface area contributed by atoms with E-state index in [1.165, 1.54) is 17.5 Å². The molecule has 102 valence electrons. The van der Waals surface area contributed by atoms with Crippen molar-refractivity contribution in [1.82, 2.24) is 5.32 Å². The van der Waals surface area contributed by atoms with Gasteiger partial charge in [0.1, 0.15) is 0 Å². The van der Waals surface area contributed by atoms with E-state index in [0.717, 1.165) is 19.6 Å². The van der Waals surface area contributed by atoms with Crippen LogP contribution in [0.3, 0.4) is 0 Å². The molecule has 1 N–H and O–H groups in total. The molecule has 0 aliphatic heterocycles. The highest BCUT2D eigenvalue weighted by atomic mass is 16.5. The van der Waals surface area contributed by atoms with E-state index in [2.05, 4.69) is 57.3 Å². The van der Waals surface area contributed by atoms with Gasteiger partial charge in [-0.1, -0.05) is 50.1 Å². The minimum atomic E-state index is 0.208. The highest BCUT2D eigenvalue weighted by molar-refractivity contribution is 5.24. The zero-order valence-corrected chi connectivity index (χ0v) is 12.2. The summed E-state index contributed by atoms with van der Waals surface area (Å²) in [6.07, 6.45) is 2.53. The largest absolute Gasteiger partial charge is 0.377 e. The van der Waals surface area contributed by atoms with Crippen molar-refractivity contribution in [3.8, 4) is 0 Å². The Hall–Kier alpha value is -0.860. The smallest absolute Gasteiger partial charge is 0.0741 e.